The van der Waals surface area contributed by atoms with Crippen LogP contribution in [0, 0.1) is 6.92 Å². The fourth-order valence-corrected chi connectivity index (χ4v) is 2.54. The summed E-state index contributed by atoms with van der Waals surface area (Å²) in [5.74, 6) is 1.27. The lowest BCUT2D eigenvalue weighted by atomic mass is 10.2. The van der Waals surface area contributed by atoms with Crippen molar-refractivity contribution in [2.24, 2.45) is 0 Å². The van der Waals surface area contributed by atoms with Gasteiger partial charge >= 0.3 is 0 Å². The van der Waals surface area contributed by atoms with Crippen LogP contribution in [0.1, 0.15) is 15.9 Å². The molecule has 0 spiro atoms. The molecule has 140 valence electrons. The van der Waals surface area contributed by atoms with Gasteiger partial charge in [0.1, 0.15) is 22.9 Å². The van der Waals surface area contributed by atoms with E-state index in [-0.39, 0.29) is 17.3 Å². The molecule has 0 aliphatic carbocycles. The van der Waals surface area contributed by atoms with Crippen LogP contribution in [-0.4, -0.2) is 30.3 Å². The molecule has 0 saturated heterocycles. The highest BCUT2D eigenvalue weighted by atomic mass is 16.5. The summed E-state index contributed by atoms with van der Waals surface area (Å²) in [6.45, 7) is 1.98. The highest BCUT2D eigenvalue weighted by molar-refractivity contribution is 6.11. The van der Waals surface area contributed by atoms with Crippen molar-refractivity contribution >= 4 is 28.9 Å². The van der Waals surface area contributed by atoms with Gasteiger partial charge in [0.15, 0.2) is 5.82 Å². The Balaban J connectivity index is 1.86. The van der Waals surface area contributed by atoms with Crippen molar-refractivity contribution in [2.45, 2.75) is 6.92 Å². The molecule has 0 aliphatic heterocycles. The molecule has 8 nitrogen and oxygen atoms in total. The van der Waals surface area contributed by atoms with Crippen LogP contribution in [-0.2, 0) is 0 Å². The van der Waals surface area contributed by atoms with Gasteiger partial charge in [0.25, 0.3) is 5.91 Å². The zero-order valence-electron chi connectivity index (χ0n) is 15.3. The molecule has 0 saturated carbocycles. The number of aromatic amines is 1. The molecule has 5 N–H and O–H groups in total. The standard InChI is InChI=1S/C19H21N5O3/c1-11-4-6-12(7-5-11)21-19(25)16-17(20)23-24-18(16)22-14-9-8-13(26-2)10-15(14)27-3/h4-10H,1-3H3,(H,21,25)(H4,20,22,23,24). The fraction of sp³-hybridized carbons (Fsp3) is 0.158. The van der Waals surface area contributed by atoms with E-state index >= 15 is 0 Å². The number of H-pyrrole nitrogens is 1. The molecule has 0 bridgehead atoms. The molecule has 3 aromatic rings. The maximum Gasteiger partial charge on any atom is 0.263 e. The lowest BCUT2D eigenvalue weighted by molar-refractivity contribution is 0.102. The zero-order chi connectivity index (χ0) is 19.4. The lowest BCUT2D eigenvalue weighted by Crippen LogP contribution is -2.14. The minimum absolute atomic E-state index is 0.162. The summed E-state index contributed by atoms with van der Waals surface area (Å²) < 4.78 is 10.6. The number of aryl methyl sites for hydroxylation is 1. The van der Waals surface area contributed by atoms with E-state index in [1.54, 1.807) is 32.4 Å². The Morgan fingerprint density at radius 3 is 2.52 bits per heavy atom. The van der Waals surface area contributed by atoms with Crippen LogP contribution in [0.15, 0.2) is 42.5 Å². The highest BCUT2D eigenvalue weighted by Crippen LogP contribution is 2.33. The van der Waals surface area contributed by atoms with Gasteiger partial charge in [-0.3, -0.25) is 9.89 Å². The smallest absolute Gasteiger partial charge is 0.263 e. The second-order valence-electron chi connectivity index (χ2n) is 5.87. The van der Waals surface area contributed by atoms with Crippen LogP contribution in [0.3, 0.4) is 0 Å². The van der Waals surface area contributed by atoms with E-state index in [1.807, 2.05) is 31.2 Å². The van der Waals surface area contributed by atoms with Gasteiger partial charge in [0.05, 0.1) is 19.9 Å². The number of amides is 1. The number of methoxy groups -OCH3 is 2. The topological polar surface area (TPSA) is 114 Å². The molecule has 0 radical (unpaired) electrons. The van der Waals surface area contributed by atoms with Gasteiger partial charge < -0.3 is 25.8 Å². The van der Waals surface area contributed by atoms with E-state index in [0.717, 1.165) is 5.56 Å². The molecule has 1 heterocycles. The number of carbonyl (C=O) groups is 1. The quantitative estimate of drug-likeness (QED) is 0.531. The Morgan fingerprint density at radius 2 is 1.85 bits per heavy atom. The van der Waals surface area contributed by atoms with E-state index in [0.29, 0.717) is 28.7 Å². The van der Waals surface area contributed by atoms with E-state index in [2.05, 4.69) is 20.8 Å². The van der Waals surface area contributed by atoms with E-state index in [1.165, 1.54) is 0 Å². The Kier molecular flexibility index (Phi) is 5.16. The number of nitrogens with two attached hydrogens (primary N) is 1. The molecule has 0 atom stereocenters. The fourth-order valence-electron chi connectivity index (χ4n) is 2.54. The van der Waals surface area contributed by atoms with Gasteiger partial charge in [-0.1, -0.05) is 17.7 Å². The first kappa shape index (κ1) is 18.1. The van der Waals surface area contributed by atoms with Crippen LogP contribution in [0.2, 0.25) is 0 Å². The molecule has 1 aromatic heterocycles. The van der Waals surface area contributed by atoms with E-state index in [9.17, 15) is 4.79 Å². The molecule has 0 fully saturated rings. The van der Waals surface area contributed by atoms with Gasteiger partial charge in [-0.2, -0.15) is 5.10 Å². The Hall–Kier alpha value is -3.68. The van der Waals surface area contributed by atoms with Gasteiger partial charge in [0, 0.05) is 11.8 Å². The van der Waals surface area contributed by atoms with Crippen LogP contribution in [0.25, 0.3) is 0 Å². The van der Waals surface area contributed by atoms with Crippen molar-refractivity contribution in [3.05, 3.63) is 53.6 Å². The largest absolute Gasteiger partial charge is 0.497 e. The monoisotopic (exact) mass is 367 g/mol. The van der Waals surface area contributed by atoms with E-state index < -0.39 is 0 Å². The molecule has 3 rings (SSSR count). The molecule has 0 aliphatic rings. The number of anilines is 4. The molecular formula is C19H21N5O3. The normalized spacial score (nSPS) is 10.3. The summed E-state index contributed by atoms with van der Waals surface area (Å²) in [6, 6.07) is 12.7. The predicted molar refractivity (Wildman–Crippen MR) is 105 cm³/mol. The minimum Gasteiger partial charge on any atom is -0.497 e. The lowest BCUT2D eigenvalue weighted by Gasteiger charge is -2.12. The number of nitrogen functional groups attached to an aromatic ring is 1. The number of rotatable bonds is 6. The molecule has 1 amide bonds. The number of benzene rings is 2. The van der Waals surface area contributed by atoms with E-state index in [4.69, 9.17) is 15.2 Å². The predicted octanol–water partition coefficient (Wildman–Crippen LogP) is 3.31. The highest BCUT2D eigenvalue weighted by Gasteiger charge is 2.20. The molecule has 2 aromatic carbocycles. The first-order valence-electron chi connectivity index (χ1n) is 8.22. The van der Waals surface area contributed by atoms with Gasteiger partial charge in [-0.15, -0.1) is 0 Å². The van der Waals surface area contributed by atoms with Crippen molar-refractivity contribution < 1.29 is 14.3 Å². The number of hydrogen-bond donors (Lipinski definition) is 4. The number of carbonyl (C=O) groups excluding carboxylic acids is 1. The number of nitrogens with zero attached hydrogens (tertiary/aromatic N) is 1. The Morgan fingerprint density at radius 1 is 1.11 bits per heavy atom. The first-order valence-corrected chi connectivity index (χ1v) is 8.22. The van der Waals surface area contributed by atoms with Crippen molar-refractivity contribution in [2.75, 3.05) is 30.6 Å². The zero-order valence-corrected chi connectivity index (χ0v) is 15.3. The summed E-state index contributed by atoms with van der Waals surface area (Å²) in [7, 11) is 3.12. The minimum atomic E-state index is -0.375. The summed E-state index contributed by atoms with van der Waals surface area (Å²) >= 11 is 0. The number of ether oxygens (including phenoxy) is 2. The number of aromatic nitrogens is 2. The molecule has 27 heavy (non-hydrogen) atoms. The average molecular weight is 367 g/mol. The van der Waals surface area contributed by atoms with Gasteiger partial charge in [0.2, 0.25) is 0 Å². The third-order valence-corrected chi connectivity index (χ3v) is 3.99. The van der Waals surface area contributed by atoms with Crippen molar-refractivity contribution in [1.29, 1.82) is 0 Å². The Bertz CT molecular complexity index is 950. The Labute approximate surface area is 156 Å². The number of hydrogen-bond acceptors (Lipinski definition) is 6. The van der Waals surface area contributed by atoms with Crippen LogP contribution in [0.4, 0.5) is 23.0 Å². The van der Waals surface area contributed by atoms with Crippen molar-refractivity contribution in [3.8, 4) is 11.5 Å². The summed E-state index contributed by atoms with van der Waals surface area (Å²) in [5.41, 5.74) is 8.52. The summed E-state index contributed by atoms with van der Waals surface area (Å²) in [5, 5.41) is 12.6. The van der Waals surface area contributed by atoms with Gasteiger partial charge in [-0.25, -0.2) is 0 Å². The van der Waals surface area contributed by atoms with Crippen molar-refractivity contribution in [3.63, 3.8) is 0 Å². The summed E-state index contributed by atoms with van der Waals surface area (Å²) in [4.78, 5) is 12.7. The second kappa shape index (κ2) is 7.69. The average Bonchev–Trinajstić information content (AvgIpc) is 3.04. The SMILES string of the molecule is COc1ccc(Nc2n[nH]c(N)c2C(=O)Nc2ccc(C)cc2)c(OC)c1. The van der Waals surface area contributed by atoms with Crippen LogP contribution >= 0.6 is 0 Å². The third-order valence-electron chi connectivity index (χ3n) is 3.99. The second-order valence-corrected chi connectivity index (χ2v) is 5.87. The molecule has 0 unspecified atom stereocenters. The van der Waals surface area contributed by atoms with Gasteiger partial charge in [-0.05, 0) is 31.2 Å². The first-order chi connectivity index (χ1) is 13.0. The van der Waals surface area contributed by atoms with Crippen molar-refractivity contribution in [1.82, 2.24) is 10.2 Å². The maximum atomic E-state index is 12.7. The number of nitrogens with one attached hydrogen (secondary N) is 3. The molecule has 8 heteroatoms. The van der Waals surface area contributed by atoms with Crippen LogP contribution in [0.5, 0.6) is 11.5 Å². The van der Waals surface area contributed by atoms with Crippen LogP contribution < -0.4 is 25.8 Å². The third kappa shape index (κ3) is 3.95. The molecular weight excluding hydrogens is 346 g/mol. The summed E-state index contributed by atoms with van der Waals surface area (Å²) in [6.07, 6.45) is 0. The maximum absolute atomic E-state index is 12.7.